The molecule has 4 rings (SSSR count). The first kappa shape index (κ1) is 21.2. The molecule has 1 heterocycles. The summed E-state index contributed by atoms with van der Waals surface area (Å²) >= 11 is 0. The summed E-state index contributed by atoms with van der Waals surface area (Å²) in [5, 5.41) is 0. The van der Waals surface area contributed by atoms with Gasteiger partial charge in [-0.15, -0.1) is 0 Å². The fourth-order valence-electron chi connectivity index (χ4n) is 4.34. The molecule has 162 valence electrons. The molecule has 5 nitrogen and oxygen atoms in total. The molecule has 2 aliphatic rings. The molecule has 1 unspecified atom stereocenters. The van der Waals surface area contributed by atoms with Gasteiger partial charge in [0.25, 0.3) is 0 Å². The molecule has 31 heavy (non-hydrogen) atoms. The third kappa shape index (κ3) is 4.10. The average Bonchev–Trinajstić information content (AvgIpc) is 3.00. The second-order valence-corrected chi connectivity index (χ2v) is 7.54. The van der Waals surface area contributed by atoms with Crippen molar-refractivity contribution in [1.29, 1.82) is 0 Å². The van der Waals surface area contributed by atoms with Crippen LogP contribution in [0.4, 0.5) is 0 Å². The molecule has 0 saturated heterocycles. The predicted octanol–water partition coefficient (Wildman–Crippen LogP) is 5.90. The molecule has 0 amide bonds. The number of aliphatic imine (C=N–C) groups is 1. The maximum Gasteiger partial charge on any atom is 0.248 e. The van der Waals surface area contributed by atoms with Crippen molar-refractivity contribution in [1.82, 2.24) is 0 Å². The summed E-state index contributed by atoms with van der Waals surface area (Å²) in [6.07, 6.45) is 7.23. The van der Waals surface area contributed by atoms with Gasteiger partial charge in [0.1, 0.15) is 0 Å². The summed E-state index contributed by atoms with van der Waals surface area (Å²) in [4.78, 5) is 15.4. The van der Waals surface area contributed by atoms with Gasteiger partial charge in [-0.25, -0.2) is 0 Å². The Labute approximate surface area is 183 Å². The lowest BCUT2D eigenvalue weighted by molar-refractivity contribution is -0.180. The number of rotatable bonds is 7. The highest BCUT2D eigenvalue weighted by Crippen LogP contribution is 2.46. The fraction of sp³-hybridized carbons (Fsp3) is 0.346. The Morgan fingerprint density at radius 1 is 1.00 bits per heavy atom. The van der Waals surface area contributed by atoms with Crippen LogP contribution in [0.25, 0.3) is 5.57 Å². The first-order valence-corrected chi connectivity index (χ1v) is 10.8. The monoisotopic (exact) mass is 419 g/mol. The normalized spacial score (nSPS) is 17.4. The Bertz CT molecular complexity index is 1050. The van der Waals surface area contributed by atoms with E-state index >= 15 is 0 Å². The van der Waals surface area contributed by atoms with Crippen LogP contribution in [0.15, 0.2) is 59.1 Å². The molecular formula is C26H29NO4. The van der Waals surface area contributed by atoms with E-state index in [0.29, 0.717) is 23.9 Å². The largest absolute Gasteiger partial charge is 0.493 e. The van der Waals surface area contributed by atoms with Gasteiger partial charge in [-0.2, -0.15) is 4.89 Å². The van der Waals surface area contributed by atoms with E-state index in [1.165, 1.54) is 29.4 Å². The summed E-state index contributed by atoms with van der Waals surface area (Å²) in [6.45, 7) is 4.58. The molecule has 0 N–H and O–H groups in total. The number of hydrogen-bond acceptors (Lipinski definition) is 5. The lowest BCUT2D eigenvalue weighted by atomic mass is 9.81. The highest BCUT2D eigenvalue weighted by molar-refractivity contribution is 5.99. The summed E-state index contributed by atoms with van der Waals surface area (Å²) in [5.41, 5.74) is 7.38. The highest BCUT2D eigenvalue weighted by Gasteiger charge is 2.28. The fourth-order valence-corrected chi connectivity index (χ4v) is 4.34. The molecular weight excluding hydrogens is 390 g/mol. The molecule has 0 bridgehead atoms. The topological polar surface area (TPSA) is 49.3 Å². The number of aryl methyl sites for hydroxylation is 1. The molecule has 0 radical (unpaired) electrons. The van der Waals surface area contributed by atoms with Crippen LogP contribution in [0, 0.1) is 0 Å². The third-order valence-corrected chi connectivity index (χ3v) is 5.79. The first-order chi connectivity index (χ1) is 15.2. The van der Waals surface area contributed by atoms with E-state index in [4.69, 9.17) is 24.2 Å². The van der Waals surface area contributed by atoms with Gasteiger partial charge in [0.05, 0.1) is 26.9 Å². The SMILES string of the molecule is CCOc1cc(C2N=C(CC)C=CC3=C2CCc2ccccc23)cc(OC)c1OOC. The highest BCUT2D eigenvalue weighted by atomic mass is 17.2. The maximum absolute atomic E-state index is 5.88. The number of methoxy groups -OCH3 is 1. The van der Waals surface area contributed by atoms with Gasteiger partial charge in [-0.1, -0.05) is 37.3 Å². The van der Waals surface area contributed by atoms with Gasteiger partial charge < -0.3 is 14.4 Å². The average molecular weight is 420 g/mol. The smallest absolute Gasteiger partial charge is 0.248 e. The summed E-state index contributed by atoms with van der Waals surface area (Å²) in [7, 11) is 3.09. The van der Waals surface area contributed by atoms with Crippen molar-refractivity contribution in [2.24, 2.45) is 4.99 Å². The van der Waals surface area contributed by atoms with Gasteiger partial charge >= 0.3 is 0 Å². The Morgan fingerprint density at radius 3 is 2.55 bits per heavy atom. The van der Waals surface area contributed by atoms with Gasteiger partial charge in [-0.3, -0.25) is 4.99 Å². The molecule has 1 aliphatic heterocycles. The van der Waals surface area contributed by atoms with E-state index in [-0.39, 0.29) is 6.04 Å². The lowest BCUT2D eigenvalue weighted by Crippen LogP contribution is -2.11. The second kappa shape index (κ2) is 9.40. The van der Waals surface area contributed by atoms with Crippen LogP contribution in [0.5, 0.6) is 17.2 Å². The molecule has 2 aromatic rings. The van der Waals surface area contributed by atoms with Crippen LogP contribution >= 0.6 is 0 Å². The van der Waals surface area contributed by atoms with Crippen molar-refractivity contribution in [3.63, 3.8) is 0 Å². The molecule has 0 fully saturated rings. The minimum absolute atomic E-state index is 0.113. The van der Waals surface area contributed by atoms with Crippen LogP contribution in [-0.4, -0.2) is 26.5 Å². The van der Waals surface area contributed by atoms with Gasteiger partial charge in [0.15, 0.2) is 11.5 Å². The van der Waals surface area contributed by atoms with Crippen molar-refractivity contribution in [3.8, 4) is 17.2 Å². The zero-order valence-electron chi connectivity index (χ0n) is 18.6. The van der Waals surface area contributed by atoms with E-state index in [9.17, 15) is 0 Å². The van der Waals surface area contributed by atoms with Crippen molar-refractivity contribution < 1.29 is 19.2 Å². The Balaban J connectivity index is 1.90. The van der Waals surface area contributed by atoms with Crippen LogP contribution in [-0.2, 0) is 11.3 Å². The van der Waals surface area contributed by atoms with E-state index in [0.717, 1.165) is 30.5 Å². The molecule has 2 aromatic carbocycles. The first-order valence-electron chi connectivity index (χ1n) is 10.8. The minimum atomic E-state index is -0.113. The lowest BCUT2D eigenvalue weighted by Gasteiger charge is -2.26. The summed E-state index contributed by atoms with van der Waals surface area (Å²) in [5.74, 6) is 1.58. The van der Waals surface area contributed by atoms with E-state index in [1.54, 1.807) is 7.11 Å². The van der Waals surface area contributed by atoms with Crippen molar-refractivity contribution in [2.75, 3.05) is 20.8 Å². The zero-order chi connectivity index (χ0) is 21.8. The number of fused-ring (bicyclic) bond motifs is 2. The van der Waals surface area contributed by atoms with Crippen molar-refractivity contribution in [2.45, 2.75) is 39.2 Å². The van der Waals surface area contributed by atoms with Gasteiger partial charge in [0.2, 0.25) is 5.75 Å². The van der Waals surface area contributed by atoms with Crippen LogP contribution in [0.3, 0.4) is 0 Å². The molecule has 0 saturated carbocycles. The Morgan fingerprint density at radius 2 is 1.81 bits per heavy atom. The number of nitrogens with zero attached hydrogens (tertiary/aromatic N) is 1. The van der Waals surface area contributed by atoms with Gasteiger partial charge in [0, 0.05) is 5.71 Å². The van der Waals surface area contributed by atoms with Crippen molar-refractivity contribution in [3.05, 3.63) is 70.8 Å². The number of benzene rings is 2. The predicted molar refractivity (Wildman–Crippen MR) is 123 cm³/mol. The standard InChI is InChI=1S/C26H29NO4/c1-5-19-12-14-21-20-10-8-7-9-17(20)11-13-22(21)25(27-19)18-15-23(28-3)26(31-29-4)24(16-18)30-6-2/h7-10,12,14-16,25H,5-6,11,13H2,1-4H3. The Kier molecular flexibility index (Phi) is 6.42. The molecule has 1 atom stereocenters. The molecule has 5 heteroatoms. The van der Waals surface area contributed by atoms with E-state index < -0.39 is 0 Å². The Hall–Kier alpha value is -3.05. The third-order valence-electron chi connectivity index (χ3n) is 5.79. The van der Waals surface area contributed by atoms with E-state index in [2.05, 4.69) is 43.3 Å². The van der Waals surface area contributed by atoms with Gasteiger partial charge in [-0.05, 0) is 72.2 Å². The second-order valence-electron chi connectivity index (χ2n) is 7.54. The van der Waals surface area contributed by atoms with Crippen molar-refractivity contribution >= 4 is 11.3 Å². The molecule has 0 aromatic heterocycles. The quantitative estimate of drug-likeness (QED) is 0.414. The van der Waals surface area contributed by atoms with Crippen LogP contribution < -0.4 is 14.4 Å². The minimum Gasteiger partial charge on any atom is -0.493 e. The van der Waals surface area contributed by atoms with Crippen LogP contribution in [0.1, 0.15) is 49.4 Å². The maximum atomic E-state index is 5.88. The number of hydrogen-bond donors (Lipinski definition) is 0. The summed E-state index contributed by atoms with van der Waals surface area (Å²) in [6, 6.07) is 12.5. The number of ether oxygens (including phenoxy) is 2. The van der Waals surface area contributed by atoms with E-state index in [1.807, 2.05) is 19.1 Å². The molecule has 1 aliphatic carbocycles. The molecule has 0 spiro atoms. The summed E-state index contributed by atoms with van der Waals surface area (Å²) < 4.78 is 11.5. The van der Waals surface area contributed by atoms with Crippen LogP contribution in [0.2, 0.25) is 0 Å². The zero-order valence-corrected chi connectivity index (χ0v) is 18.6. The number of allylic oxidation sites excluding steroid dienone is 3.